The Morgan fingerprint density at radius 2 is 1.89 bits per heavy atom. The smallest absolute Gasteiger partial charge is 0.296 e. The van der Waals surface area contributed by atoms with Crippen LogP contribution in [0.25, 0.3) is 21.9 Å². The van der Waals surface area contributed by atoms with Crippen molar-refractivity contribution in [2.24, 2.45) is 5.14 Å². The number of fused-ring (bicyclic) bond motifs is 3. The van der Waals surface area contributed by atoms with Crippen molar-refractivity contribution in [3.63, 3.8) is 0 Å². The molecule has 0 bridgehead atoms. The molecule has 0 aliphatic rings. The van der Waals surface area contributed by atoms with Crippen molar-refractivity contribution in [3.05, 3.63) is 66.4 Å². The van der Waals surface area contributed by atoms with Crippen LogP contribution in [0.4, 0.5) is 5.69 Å². The fraction of sp³-hybridized carbons (Fsp3) is 0.105. The second kappa shape index (κ2) is 6.57. The van der Waals surface area contributed by atoms with Crippen LogP contribution in [0.1, 0.15) is 5.56 Å². The molecule has 0 radical (unpaired) electrons. The first kappa shape index (κ1) is 17.3. The van der Waals surface area contributed by atoms with Crippen molar-refractivity contribution in [1.29, 1.82) is 0 Å². The summed E-state index contributed by atoms with van der Waals surface area (Å²) in [5.74, 6) is 0.783. The highest BCUT2D eigenvalue weighted by atomic mass is 32.2. The first-order valence-electron chi connectivity index (χ1n) is 8.25. The van der Waals surface area contributed by atoms with E-state index >= 15 is 0 Å². The Labute approximate surface area is 156 Å². The average molecular weight is 382 g/mol. The molecule has 8 heteroatoms. The molecule has 4 aromatic rings. The molecular formula is C19H18N4O3S. The lowest BCUT2D eigenvalue weighted by Gasteiger charge is -2.09. The monoisotopic (exact) mass is 382 g/mol. The van der Waals surface area contributed by atoms with Gasteiger partial charge >= 0.3 is 0 Å². The zero-order valence-corrected chi connectivity index (χ0v) is 15.4. The molecule has 0 saturated carbocycles. The molecule has 0 atom stereocenters. The topological polar surface area (TPSA) is 99.2 Å². The molecule has 3 N–H and O–H groups in total. The second-order valence-corrected chi connectivity index (χ2v) is 7.48. The molecule has 2 heterocycles. The molecule has 0 saturated heterocycles. The molecule has 7 nitrogen and oxygen atoms in total. The lowest BCUT2D eigenvalue weighted by molar-refractivity contribution is 0.415. The van der Waals surface area contributed by atoms with Gasteiger partial charge in [0.1, 0.15) is 5.75 Å². The van der Waals surface area contributed by atoms with Gasteiger partial charge in [0.2, 0.25) is 0 Å². The number of hydrogen-bond donors (Lipinski definition) is 2. The highest BCUT2D eigenvalue weighted by Gasteiger charge is 2.13. The summed E-state index contributed by atoms with van der Waals surface area (Å²) < 4.78 is 32.1. The quantitative estimate of drug-likeness (QED) is 0.554. The number of nitrogens with two attached hydrogens (primary N) is 1. The molecule has 4 rings (SSSR count). The van der Waals surface area contributed by atoms with Gasteiger partial charge in [-0.1, -0.05) is 12.1 Å². The van der Waals surface area contributed by atoms with Crippen LogP contribution in [0, 0.1) is 0 Å². The van der Waals surface area contributed by atoms with E-state index in [0.29, 0.717) is 12.2 Å². The SMILES string of the molecule is COc1ccc2c(c1)c1ncccc1n2Cc1ccc(NS(N)(=O)=O)cc1. The summed E-state index contributed by atoms with van der Waals surface area (Å²) in [6.45, 7) is 0.619. The van der Waals surface area contributed by atoms with E-state index in [9.17, 15) is 8.42 Å². The normalized spacial score (nSPS) is 11.8. The lowest BCUT2D eigenvalue weighted by atomic mass is 10.2. The van der Waals surface area contributed by atoms with E-state index in [-0.39, 0.29) is 0 Å². The van der Waals surface area contributed by atoms with Gasteiger partial charge in [-0.2, -0.15) is 8.42 Å². The first-order valence-corrected chi connectivity index (χ1v) is 9.80. The summed E-state index contributed by atoms with van der Waals surface area (Å²) in [6, 6.07) is 17.0. The second-order valence-electron chi connectivity index (χ2n) is 6.18. The highest BCUT2D eigenvalue weighted by Crippen LogP contribution is 2.31. The van der Waals surface area contributed by atoms with Crippen LogP contribution in [0.3, 0.4) is 0 Å². The van der Waals surface area contributed by atoms with E-state index in [2.05, 4.69) is 14.3 Å². The van der Waals surface area contributed by atoms with Crippen molar-refractivity contribution in [2.75, 3.05) is 11.8 Å². The molecule has 0 aliphatic carbocycles. The number of benzene rings is 2. The molecule has 0 unspecified atom stereocenters. The number of pyridine rings is 1. The van der Waals surface area contributed by atoms with Crippen LogP contribution >= 0.6 is 0 Å². The number of methoxy groups -OCH3 is 1. The summed E-state index contributed by atoms with van der Waals surface area (Å²) in [5, 5.41) is 6.03. The Bertz CT molecular complexity index is 1230. The van der Waals surface area contributed by atoms with Gasteiger partial charge in [0, 0.05) is 23.8 Å². The number of anilines is 1. The molecule has 2 aromatic heterocycles. The third-order valence-corrected chi connectivity index (χ3v) is 4.90. The highest BCUT2D eigenvalue weighted by molar-refractivity contribution is 7.90. The average Bonchev–Trinajstić information content (AvgIpc) is 2.95. The van der Waals surface area contributed by atoms with Crippen LogP contribution in [-0.4, -0.2) is 25.1 Å². The molecule has 0 aliphatic heterocycles. The summed E-state index contributed by atoms with van der Waals surface area (Å²) in [6.07, 6.45) is 1.78. The molecule has 0 spiro atoms. The number of rotatable bonds is 5. The fourth-order valence-electron chi connectivity index (χ4n) is 3.21. The molecule has 138 valence electrons. The Balaban J connectivity index is 1.77. The maximum Gasteiger partial charge on any atom is 0.296 e. The van der Waals surface area contributed by atoms with Gasteiger partial charge < -0.3 is 9.30 Å². The number of nitrogens with zero attached hydrogens (tertiary/aromatic N) is 2. The van der Waals surface area contributed by atoms with Crippen LogP contribution in [0.2, 0.25) is 0 Å². The largest absolute Gasteiger partial charge is 0.497 e. The van der Waals surface area contributed by atoms with Crippen LogP contribution in [0.15, 0.2) is 60.8 Å². The predicted octanol–water partition coefficient (Wildman–Crippen LogP) is 2.86. The summed E-state index contributed by atoms with van der Waals surface area (Å²) in [4.78, 5) is 4.53. The maximum atomic E-state index is 11.1. The molecular weight excluding hydrogens is 364 g/mol. The van der Waals surface area contributed by atoms with Gasteiger partial charge in [0.15, 0.2) is 0 Å². The van der Waals surface area contributed by atoms with E-state index < -0.39 is 10.2 Å². The lowest BCUT2D eigenvalue weighted by Crippen LogP contribution is -2.21. The molecule has 27 heavy (non-hydrogen) atoms. The third kappa shape index (κ3) is 3.44. The van der Waals surface area contributed by atoms with Crippen molar-refractivity contribution < 1.29 is 13.2 Å². The van der Waals surface area contributed by atoms with Crippen LogP contribution in [0.5, 0.6) is 5.75 Å². The van der Waals surface area contributed by atoms with E-state index in [0.717, 1.165) is 33.2 Å². The first-order chi connectivity index (χ1) is 12.9. The minimum absolute atomic E-state index is 0.426. The standard InChI is InChI=1S/C19H18N4O3S/c1-26-15-8-9-17-16(11-15)19-18(3-2-10-21-19)23(17)12-13-4-6-14(7-5-13)22-27(20,24)25/h2-11,22H,12H2,1H3,(H2,20,24,25). The van der Waals surface area contributed by atoms with Crippen molar-refractivity contribution in [2.45, 2.75) is 6.54 Å². The van der Waals surface area contributed by atoms with Crippen molar-refractivity contribution in [3.8, 4) is 5.75 Å². The Kier molecular flexibility index (Phi) is 4.21. The van der Waals surface area contributed by atoms with E-state index in [1.165, 1.54) is 0 Å². The van der Waals surface area contributed by atoms with Crippen LogP contribution in [-0.2, 0) is 16.8 Å². The Morgan fingerprint density at radius 1 is 1.11 bits per heavy atom. The minimum Gasteiger partial charge on any atom is -0.497 e. The summed E-state index contributed by atoms with van der Waals surface area (Å²) >= 11 is 0. The Morgan fingerprint density at radius 3 is 2.59 bits per heavy atom. The number of hydrogen-bond acceptors (Lipinski definition) is 4. The molecule has 0 fully saturated rings. The minimum atomic E-state index is -3.78. The molecule has 2 aromatic carbocycles. The van der Waals surface area contributed by atoms with Gasteiger partial charge in [-0.25, -0.2) is 5.14 Å². The van der Waals surface area contributed by atoms with Gasteiger partial charge in [0.05, 0.1) is 23.7 Å². The zero-order chi connectivity index (χ0) is 19.0. The number of aromatic nitrogens is 2. The van der Waals surface area contributed by atoms with Gasteiger partial charge in [0.25, 0.3) is 10.2 Å². The third-order valence-electron chi connectivity index (χ3n) is 4.38. The van der Waals surface area contributed by atoms with E-state index in [1.54, 1.807) is 25.4 Å². The molecule has 0 amide bonds. The maximum absolute atomic E-state index is 11.1. The predicted molar refractivity (Wildman–Crippen MR) is 106 cm³/mol. The van der Waals surface area contributed by atoms with Gasteiger partial charge in [-0.05, 0) is 48.0 Å². The Hall–Kier alpha value is -3.10. The van der Waals surface area contributed by atoms with Gasteiger partial charge in [-0.15, -0.1) is 0 Å². The number of nitrogens with one attached hydrogen (secondary N) is 1. The fourth-order valence-corrected chi connectivity index (χ4v) is 3.68. The number of ether oxygens (including phenoxy) is 1. The van der Waals surface area contributed by atoms with E-state index in [4.69, 9.17) is 9.88 Å². The van der Waals surface area contributed by atoms with Crippen molar-refractivity contribution >= 4 is 37.8 Å². The van der Waals surface area contributed by atoms with Crippen LogP contribution < -0.4 is 14.6 Å². The zero-order valence-electron chi connectivity index (χ0n) is 14.6. The summed E-state index contributed by atoms with van der Waals surface area (Å²) in [7, 11) is -2.14. The van der Waals surface area contributed by atoms with E-state index in [1.807, 2.05) is 42.5 Å². The van der Waals surface area contributed by atoms with Gasteiger partial charge in [-0.3, -0.25) is 9.71 Å². The van der Waals surface area contributed by atoms with Crippen molar-refractivity contribution in [1.82, 2.24) is 9.55 Å². The summed E-state index contributed by atoms with van der Waals surface area (Å²) in [5.41, 5.74) is 4.44.